The monoisotopic (exact) mass is 264 g/mol. The van der Waals surface area contributed by atoms with E-state index >= 15 is 0 Å². The molecule has 1 atom stereocenters. The number of non-ortho nitro benzene ring substituents is 1. The molecule has 0 saturated carbocycles. The molecule has 0 amide bonds. The number of benzene rings is 1. The van der Waals surface area contributed by atoms with Crippen LogP contribution in [0.25, 0.3) is 0 Å². The highest BCUT2D eigenvalue weighted by Gasteiger charge is 2.15. The van der Waals surface area contributed by atoms with Gasteiger partial charge in [0.05, 0.1) is 4.92 Å². The molecule has 19 heavy (non-hydrogen) atoms. The number of nitro groups is 1. The topological polar surface area (TPSA) is 64.4 Å². The van der Waals surface area contributed by atoms with Gasteiger partial charge in [-0.3, -0.25) is 10.1 Å². The Morgan fingerprint density at radius 2 is 2.00 bits per heavy atom. The quantitative estimate of drug-likeness (QED) is 0.656. The molecule has 0 bridgehead atoms. The van der Waals surface area contributed by atoms with Crippen LogP contribution >= 0.6 is 0 Å². The van der Waals surface area contributed by atoms with Gasteiger partial charge in [-0.1, -0.05) is 12.1 Å². The van der Waals surface area contributed by atoms with Crippen LogP contribution in [0.2, 0.25) is 0 Å². The van der Waals surface area contributed by atoms with Crippen LogP contribution in [0, 0.1) is 16.0 Å². The third-order valence-corrected chi connectivity index (χ3v) is 3.66. The molecule has 0 spiro atoms. The fraction of sp³-hybridized carbons (Fsp3) is 0.571. The fourth-order valence-corrected chi connectivity index (χ4v) is 2.30. The van der Waals surface area contributed by atoms with E-state index in [9.17, 15) is 10.1 Å². The number of nitro benzene ring substituents is 1. The Hall–Kier alpha value is -1.46. The van der Waals surface area contributed by atoms with E-state index < -0.39 is 0 Å². The second-order valence-electron chi connectivity index (χ2n) is 5.03. The highest BCUT2D eigenvalue weighted by Crippen LogP contribution is 2.19. The molecule has 1 heterocycles. The van der Waals surface area contributed by atoms with Gasteiger partial charge in [-0.2, -0.15) is 0 Å². The van der Waals surface area contributed by atoms with Crippen molar-refractivity contribution < 1.29 is 9.66 Å². The third kappa shape index (κ3) is 4.01. The first-order valence-electron chi connectivity index (χ1n) is 6.72. The third-order valence-electron chi connectivity index (χ3n) is 3.66. The van der Waals surface area contributed by atoms with Gasteiger partial charge in [-0.15, -0.1) is 0 Å². The lowest BCUT2D eigenvalue weighted by Gasteiger charge is -2.24. The van der Waals surface area contributed by atoms with Crippen molar-refractivity contribution in [2.24, 2.45) is 5.92 Å². The number of nitrogens with zero attached hydrogens (tertiary/aromatic N) is 1. The summed E-state index contributed by atoms with van der Waals surface area (Å²) in [7, 11) is 0. The van der Waals surface area contributed by atoms with Crippen LogP contribution in [0.1, 0.15) is 31.4 Å². The molecule has 104 valence electrons. The second kappa shape index (κ2) is 6.63. The minimum Gasteiger partial charge on any atom is -0.381 e. The normalized spacial score (nSPS) is 18.2. The molecule has 1 saturated heterocycles. The maximum absolute atomic E-state index is 10.6. The molecule has 1 aromatic carbocycles. The Labute approximate surface area is 113 Å². The largest absolute Gasteiger partial charge is 0.381 e. The van der Waals surface area contributed by atoms with Crippen LogP contribution in [0.5, 0.6) is 0 Å². The summed E-state index contributed by atoms with van der Waals surface area (Å²) >= 11 is 0. The Balaban J connectivity index is 1.84. The summed E-state index contributed by atoms with van der Waals surface area (Å²) in [5, 5.41) is 14.1. The van der Waals surface area contributed by atoms with E-state index in [4.69, 9.17) is 4.74 Å². The Morgan fingerprint density at radius 3 is 2.58 bits per heavy atom. The van der Waals surface area contributed by atoms with Crippen LogP contribution in [-0.4, -0.2) is 24.7 Å². The first-order chi connectivity index (χ1) is 9.16. The van der Waals surface area contributed by atoms with E-state index in [1.54, 1.807) is 12.1 Å². The average Bonchev–Trinajstić information content (AvgIpc) is 2.46. The van der Waals surface area contributed by atoms with Crippen LogP contribution < -0.4 is 5.32 Å². The summed E-state index contributed by atoms with van der Waals surface area (Å²) < 4.78 is 5.34. The second-order valence-corrected chi connectivity index (χ2v) is 5.03. The van der Waals surface area contributed by atoms with E-state index in [1.807, 2.05) is 12.1 Å². The van der Waals surface area contributed by atoms with Crippen molar-refractivity contribution in [1.82, 2.24) is 5.32 Å². The van der Waals surface area contributed by atoms with Crippen LogP contribution in [0.15, 0.2) is 24.3 Å². The average molecular weight is 264 g/mol. The molecule has 5 heteroatoms. The first-order valence-corrected chi connectivity index (χ1v) is 6.72. The van der Waals surface area contributed by atoms with Gasteiger partial charge < -0.3 is 10.1 Å². The van der Waals surface area contributed by atoms with Gasteiger partial charge in [0.25, 0.3) is 5.69 Å². The van der Waals surface area contributed by atoms with Crippen molar-refractivity contribution in [3.63, 3.8) is 0 Å². The van der Waals surface area contributed by atoms with Gasteiger partial charge in [0.15, 0.2) is 0 Å². The van der Waals surface area contributed by atoms with Gasteiger partial charge in [0, 0.05) is 31.4 Å². The summed E-state index contributed by atoms with van der Waals surface area (Å²) in [5.74, 6) is 0.675. The number of nitrogens with one attached hydrogen (secondary N) is 1. The van der Waals surface area contributed by atoms with Gasteiger partial charge >= 0.3 is 0 Å². The highest BCUT2D eigenvalue weighted by molar-refractivity contribution is 5.33. The van der Waals surface area contributed by atoms with Crippen LogP contribution in [-0.2, 0) is 4.74 Å². The standard InChI is InChI=1S/C14H20N2O3/c1-11(15-10-12-6-8-19-9-7-12)13-2-4-14(5-3-13)16(17)18/h2-5,11-12,15H,6-10H2,1H3. The molecular weight excluding hydrogens is 244 g/mol. The summed E-state index contributed by atoms with van der Waals surface area (Å²) in [6.45, 7) is 4.78. The maximum Gasteiger partial charge on any atom is 0.269 e. The molecule has 0 aromatic heterocycles. The number of ether oxygens (including phenoxy) is 1. The maximum atomic E-state index is 10.6. The van der Waals surface area contributed by atoms with Crippen molar-refractivity contribution >= 4 is 5.69 Å². The Morgan fingerprint density at radius 1 is 1.37 bits per heavy atom. The Kier molecular flexibility index (Phi) is 4.87. The summed E-state index contributed by atoms with van der Waals surface area (Å²) in [6.07, 6.45) is 2.22. The van der Waals surface area contributed by atoms with E-state index in [2.05, 4.69) is 12.2 Å². The summed E-state index contributed by atoms with van der Waals surface area (Å²) in [5.41, 5.74) is 1.22. The fourth-order valence-electron chi connectivity index (χ4n) is 2.30. The smallest absolute Gasteiger partial charge is 0.269 e. The van der Waals surface area contributed by atoms with E-state index in [0.29, 0.717) is 5.92 Å². The zero-order valence-corrected chi connectivity index (χ0v) is 11.2. The lowest BCUT2D eigenvalue weighted by atomic mass is 9.99. The number of rotatable bonds is 5. The van der Waals surface area contributed by atoms with Crippen LogP contribution in [0.4, 0.5) is 5.69 Å². The van der Waals surface area contributed by atoms with Gasteiger partial charge in [-0.25, -0.2) is 0 Å². The molecule has 2 rings (SSSR count). The molecule has 1 fully saturated rings. The SMILES string of the molecule is CC(NCC1CCOCC1)c1ccc([N+](=O)[O-])cc1. The van der Waals surface area contributed by atoms with Crippen molar-refractivity contribution in [2.45, 2.75) is 25.8 Å². The van der Waals surface area contributed by atoms with E-state index in [1.165, 1.54) is 0 Å². The zero-order valence-electron chi connectivity index (χ0n) is 11.2. The highest BCUT2D eigenvalue weighted by atomic mass is 16.6. The summed E-state index contributed by atoms with van der Waals surface area (Å²) in [4.78, 5) is 10.2. The number of hydrogen-bond donors (Lipinski definition) is 1. The predicted molar refractivity (Wildman–Crippen MR) is 73.1 cm³/mol. The molecule has 1 aliphatic heterocycles. The minimum atomic E-state index is -0.371. The molecule has 5 nitrogen and oxygen atoms in total. The van der Waals surface area contributed by atoms with Crippen molar-refractivity contribution in [3.8, 4) is 0 Å². The number of hydrogen-bond acceptors (Lipinski definition) is 4. The zero-order chi connectivity index (χ0) is 13.7. The molecular formula is C14H20N2O3. The molecule has 0 aliphatic carbocycles. The van der Waals surface area contributed by atoms with Gasteiger partial charge in [0.1, 0.15) is 0 Å². The lowest BCUT2D eigenvalue weighted by molar-refractivity contribution is -0.384. The molecule has 1 N–H and O–H groups in total. The predicted octanol–water partition coefficient (Wildman–Crippen LogP) is 2.67. The van der Waals surface area contributed by atoms with Gasteiger partial charge in [0.2, 0.25) is 0 Å². The van der Waals surface area contributed by atoms with Crippen molar-refractivity contribution in [3.05, 3.63) is 39.9 Å². The van der Waals surface area contributed by atoms with E-state index in [-0.39, 0.29) is 16.7 Å². The van der Waals surface area contributed by atoms with Crippen molar-refractivity contribution in [1.29, 1.82) is 0 Å². The van der Waals surface area contributed by atoms with Gasteiger partial charge in [-0.05, 0) is 37.8 Å². The summed E-state index contributed by atoms with van der Waals surface area (Å²) in [6, 6.07) is 6.97. The molecule has 1 aliphatic rings. The Bertz CT molecular complexity index is 413. The molecule has 0 radical (unpaired) electrons. The molecule has 1 unspecified atom stereocenters. The van der Waals surface area contributed by atoms with Crippen LogP contribution in [0.3, 0.4) is 0 Å². The lowest BCUT2D eigenvalue weighted by Crippen LogP contribution is -2.29. The minimum absolute atomic E-state index is 0.139. The van der Waals surface area contributed by atoms with Crippen molar-refractivity contribution in [2.75, 3.05) is 19.8 Å². The first kappa shape index (κ1) is 14.0. The molecule has 1 aromatic rings. The van der Waals surface area contributed by atoms with E-state index in [0.717, 1.165) is 38.2 Å².